The van der Waals surface area contributed by atoms with Gasteiger partial charge in [-0.15, -0.1) is 0 Å². The largest absolute Gasteiger partial charge is 0.341 e. The third-order valence-electron chi connectivity index (χ3n) is 4.23. The van der Waals surface area contributed by atoms with Gasteiger partial charge in [-0.2, -0.15) is 0 Å². The number of anilines is 1. The van der Waals surface area contributed by atoms with E-state index in [1.54, 1.807) is 17.9 Å². The van der Waals surface area contributed by atoms with Crippen molar-refractivity contribution in [2.45, 2.75) is 39.7 Å². The van der Waals surface area contributed by atoms with Gasteiger partial charge in [0.25, 0.3) is 0 Å². The van der Waals surface area contributed by atoms with Crippen LogP contribution in [0.3, 0.4) is 0 Å². The molecule has 1 heterocycles. The van der Waals surface area contributed by atoms with E-state index >= 15 is 0 Å². The maximum absolute atomic E-state index is 12.6. The van der Waals surface area contributed by atoms with Gasteiger partial charge in [0.1, 0.15) is 6.04 Å². The quantitative estimate of drug-likeness (QED) is 0.852. The summed E-state index contributed by atoms with van der Waals surface area (Å²) >= 11 is 0. The van der Waals surface area contributed by atoms with Crippen LogP contribution in [0.4, 0.5) is 5.69 Å². The number of likely N-dealkylation sites (tertiary alicyclic amines) is 1. The van der Waals surface area contributed by atoms with E-state index in [-0.39, 0.29) is 5.91 Å². The number of rotatable bonds is 4. The lowest BCUT2D eigenvalue weighted by Crippen LogP contribution is -2.48. The Morgan fingerprint density at radius 2 is 1.77 bits per heavy atom. The molecular formula is C16H24N2O3S. The van der Waals surface area contributed by atoms with E-state index in [0.29, 0.717) is 18.8 Å². The summed E-state index contributed by atoms with van der Waals surface area (Å²) < 4.78 is 25.7. The lowest BCUT2D eigenvalue weighted by molar-refractivity contribution is -0.130. The zero-order chi connectivity index (χ0) is 16.5. The van der Waals surface area contributed by atoms with Crippen LogP contribution in [-0.2, 0) is 14.8 Å². The summed E-state index contributed by atoms with van der Waals surface area (Å²) in [5.41, 5.74) is 2.65. The van der Waals surface area contributed by atoms with Crippen LogP contribution in [0.5, 0.6) is 0 Å². The van der Waals surface area contributed by atoms with Crippen molar-refractivity contribution in [2.24, 2.45) is 0 Å². The topological polar surface area (TPSA) is 57.7 Å². The van der Waals surface area contributed by atoms with Gasteiger partial charge in [0.05, 0.1) is 11.9 Å². The average molecular weight is 324 g/mol. The maximum Gasteiger partial charge on any atom is 0.246 e. The van der Waals surface area contributed by atoms with E-state index in [1.165, 1.54) is 4.31 Å². The molecule has 0 unspecified atom stereocenters. The van der Waals surface area contributed by atoms with Crippen LogP contribution in [-0.4, -0.2) is 44.6 Å². The van der Waals surface area contributed by atoms with E-state index in [1.807, 2.05) is 26.0 Å². The summed E-state index contributed by atoms with van der Waals surface area (Å²) in [6.45, 7) is 7.01. The van der Waals surface area contributed by atoms with Gasteiger partial charge in [0.2, 0.25) is 15.9 Å². The molecule has 0 saturated carbocycles. The van der Waals surface area contributed by atoms with Gasteiger partial charge in [0.15, 0.2) is 0 Å². The molecule has 6 heteroatoms. The number of benzene rings is 1. The molecule has 0 aliphatic carbocycles. The normalized spacial score (nSPS) is 16.6. The molecule has 1 aromatic rings. The van der Waals surface area contributed by atoms with E-state index < -0.39 is 16.1 Å². The van der Waals surface area contributed by atoms with Gasteiger partial charge in [-0.1, -0.05) is 6.07 Å². The molecule has 1 aliphatic heterocycles. The monoisotopic (exact) mass is 324 g/mol. The van der Waals surface area contributed by atoms with Crippen LogP contribution < -0.4 is 4.31 Å². The third-order valence-corrected chi connectivity index (χ3v) is 5.47. The standard InChI is InChI=1S/C16H24N2O3S/c1-12-7-8-15(11-13(12)2)18(22(4,20)21)14(3)16(19)17-9-5-6-10-17/h7-8,11,14H,5-6,9-10H2,1-4H3/t14-/m0/s1. The van der Waals surface area contributed by atoms with Gasteiger partial charge in [-0.3, -0.25) is 9.10 Å². The number of nitrogens with zero attached hydrogens (tertiary/aromatic N) is 2. The predicted molar refractivity (Wildman–Crippen MR) is 88.5 cm³/mol. The Bertz CT molecular complexity index is 664. The molecule has 1 aromatic carbocycles. The van der Waals surface area contributed by atoms with Crippen molar-refractivity contribution in [1.82, 2.24) is 4.90 Å². The summed E-state index contributed by atoms with van der Waals surface area (Å²) in [6.07, 6.45) is 3.12. The molecule has 5 nitrogen and oxygen atoms in total. The molecule has 0 bridgehead atoms. The second-order valence-electron chi connectivity index (χ2n) is 6.04. The van der Waals surface area contributed by atoms with Crippen molar-refractivity contribution in [2.75, 3.05) is 23.7 Å². The van der Waals surface area contributed by atoms with Crippen LogP contribution in [0.15, 0.2) is 18.2 Å². The lowest BCUT2D eigenvalue weighted by Gasteiger charge is -2.31. The molecular weight excluding hydrogens is 300 g/mol. The molecule has 2 rings (SSSR count). The summed E-state index contributed by atoms with van der Waals surface area (Å²) in [7, 11) is -3.54. The first-order valence-electron chi connectivity index (χ1n) is 7.57. The number of carbonyl (C=O) groups is 1. The van der Waals surface area contributed by atoms with Crippen LogP contribution >= 0.6 is 0 Å². The Morgan fingerprint density at radius 3 is 2.27 bits per heavy atom. The van der Waals surface area contributed by atoms with Crippen molar-refractivity contribution < 1.29 is 13.2 Å². The van der Waals surface area contributed by atoms with Gasteiger partial charge < -0.3 is 4.90 Å². The Hall–Kier alpha value is -1.56. The van der Waals surface area contributed by atoms with E-state index in [9.17, 15) is 13.2 Å². The van der Waals surface area contributed by atoms with Crippen molar-refractivity contribution in [3.05, 3.63) is 29.3 Å². The van der Waals surface area contributed by atoms with Crippen molar-refractivity contribution in [3.8, 4) is 0 Å². The molecule has 0 spiro atoms. The van der Waals surface area contributed by atoms with E-state index in [2.05, 4.69) is 0 Å². The molecule has 122 valence electrons. The highest BCUT2D eigenvalue weighted by atomic mass is 32.2. The number of amides is 1. The van der Waals surface area contributed by atoms with Gasteiger partial charge >= 0.3 is 0 Å². The maximum atomic E-state index is 12.6. The number of hydrogen-bond donors (Lipinski definition) is 0. The number of hydrogen-bond acceptors (Lipinski definition) is 3. The zero-order valence-electron chi connectivity index (χ0n) is 13.7. The molecule has 1 fully saturated rings. The summed E-state index contributed by atoms with van der Waals surface area (Å²) in [6, 6.07) is 4.74. The second kappa shape index (κ2) is 6.28. The molecule has 0 aromatic heterocycles. The minimum Gasteiger partial charge on any atom is -0.341 e. The fraction of sp³-hybridized carbons (Fsp3) is 0.562. The van der Waals surface area contributed by atoms with Crippen molar-refractivity contribution in [3.63, 3.8) is 0 Å². The first-order valence-corrected chi connectivity index (χ1v) is 9.42. The molecule has 0 N–H and O–H groups in total. The molecule has 1 aliphatic rings. The highest BCUT2D eigenvalue weighted by molar-refractivity contribution is 7.92. The number of sulfonamides is 1. The first-order chi connectivity index (χ1) is 10.2. The number of aryl methyl sites for hydroxylation is 2. The summed E-state index contributed by atoms with van der Waals surface area (Å²) in [4.78, 5) is 14.3. The predicted octanol–water partition coefficient (Wildman–Crippen LogP) is 2.08. The Morgan fingerprint density at radius 1 is 1.18 bits per heavy atom. The fourth-order valence-corrected chi connectivity index (χ4v) is 4.03. The van der Waals surface area contributed by atoms with Gasteiger partial charge in [0, 0.05) is 13.1 Å². The minimum atomic E-state index is -3.54. The Balaban J connectivity index is 2.37. The molecule has 1 amide bonds. The van der Waals surface area contributed by atoms with Crippen molar-refractivity contribution in [1.29, 1.82) is 0 Å². The van der Waals surface area contributed by atoms with Crippen LogP contribution in [0, 0.1) is 13.8 Å². The molecule has 1 saturated heterocycles. The Kier molecular flexibility index (Phi) is 4.80. The Labute approximate surface area is 133 Å². The fourth-order valence-electron chi connectivity index (χ4n) is 2.87. The zero-order valence-corrected chi connectivity index (χ0v) is 14.5. The van der Waals surface area contributed by atoms with Crippen LogP contribution in [0.2, 0.25) is 0 Å². The smallest absolute Gasteiger partial charge is 0.246 e. The summed E-state index contributed by atoms with van der Waals surface area (Å²) in [5.74, 6) is -0.124. The highest BCUT2D eigenvalue weighted by Gasteiger charge is 2.33. The third kappa shape index (κ3) is 3.43. The first kappa shape index (κ1) is 16.8. The average Bonchev–Trinajstić information content (AvgIpc) is 2.94. The van der Waals surface area contributed by atoms with E-state index in [4.69, 9.17) is 0 Å². The van der Waals surface area contributed by atoms with Crippen LogP contribution in [0.1, 0.15) is 30.9 Å². The number of carbonyl (C=O) groups excluding carboxylic acids is 1. The van der Waals surface area contributed by atoms with Gasteiger partial charge in [-0.05, 0) is 56.9 Å². The highest BCUT2D eigenvalue weighted by Crippen LogP contribution is 2.25. The molecule has 1 atom stereocenters. The van der Waals surface area contributed by atoms with E-state index in [0.717, 1.165) is 30.2 Å². The minimum absolute atomic E-state index is 0.124. The lowest BCUT2D eigenvalue weighted by atomic mass is 10.1. The molecule has 22 heavy (non-hydrogen) atoms. The van der Waals surface area contributed by atoms with Gasteiger partial charge in [-0.25, -0.2) is 8.42 Å². The SMILES string of the molecule is Cc1ccc(N([C@@H](C)C(=O)N2CCCC2)S(C)(=O)=O)cc1C. The van der Waals surface area contributed by atoms with Crippen molar-refractivity contribution >= 4 is 21.6 Å². The summed E-state index contributed by atoms with van der Waals surface area (Å²) in [5, 5.41) is 0. The van der Waals surface area contributed by atoms with Crippen LogP contribution in [0.25, 0.3) is 0 Å². The second-order valence-corrected chi connectivity index (χ2v) is 7.90. The molecule has 0 radical (unpaired) electrons.